The van der Waals surface area contributed by atoms with Crippen LogP contribution in [0.3, 0.4) is 0 Å². The topological polar surface area (TPSA) is 96.2 Å². The van der Waals surface area contributed by atoms with Gasteiger partial charge in [-0.2, -0.15) is 0 Å². The van der Waals surface area contributed by atoms with Crippen LogP contribution in [0.25, 0.3) is 5.65 Å². The number of anilines is 3. The van der Waals surface area contributed by atoms with Crippen molar-refractivity contribution in [3.63, 3.8) is 0 Å². The third-order valence-electron chi connectivity index (χ3n) is 4.18. The number of nitrogens with zero attached hydrogens (tertiary/aromatic N) is 4. The summed E-state index contributed by atoms with van der Waals surface area (Å²) < 4.78 is 1.55. The molecule has 3 aromatic heterocycles. The van der Waals surface area contributed by atoms with Gasteiger partial charge >= 0.3 is 0 Å². The third-order valence-corrected chi connectivity index (χ3v) is 4.18. The van der Waals surface area contributed by atoms with Gasteiger partial charge in [-0.15, -0.1) is 5.10 Å². The highest BCUT2D eigenvalue weighted by Gasteiger charge is 2.16. The summed E-state index contributed by atoms with van der Waals surface area (Å²) >= 11 is 0. The van der Waals surface area contributed by atoms with Crippen LogP contribution in [-0.4, -0.2) is 39.1 Å². The van der Waals surface area contributed by atoms with Crippen molar-refractivity contribution in [2.24, 2.45) is 0 Å². The fourth-order valence-electron chi connectivity index (χ4n) is 2.91. The standard InChI is InChI=1S/C17H19N7O/c1-18-12-9-15-22-14-7-4-6-11(21-14)5-2-3-8-19-17(25)13-10-20-16(12)24(13)23-15/h4,6-7,9-10,18H,2-3,5,8H2,1H3,(H,19,25)(H,21,22,23). The molecule has 0 atom stereocenters. The van der Waals surface area contributed by atoms with Crippen LogP contribution in [0, 0.1) is 0 Å². The number of rotatable bonds is 1. The Kier molecular flexibility index (Phi) is 3.93. The van der Waals surface area contributed by atoms with E-state index in [9.17, 15) is 4.79 Å². The first-order valence-electron chi connectivity index (χ1n) is 8.32. The third kappa shape index (κ3) is 2.98. The lowest BCUT2D eigenvalue weighted by Crippen LogP contribution is -2.26. The molecule has 128 valence electrons. The lowest BCUT2D eigenvalue weighted by molar-refractivity contribution is 0.0946. The summed E-state index contributed by atoms with van der Waals surface area (Å²) in [5.41, 5.74) is 2.81. The van der Waals surface area contributed by atoms with Gasteiger partial charge < -0.3 is 16.0 Å². The molecule has 0 fully saturated rings. The van der Waals surface area contributed by atoms with Crippen LogP contribution < -0.4 is 16.0 Å². The molecule has 0 spiro atoms. The lowest BCUT2D eigenvalue weighted by Gasteiger charge is -2.12. The SMILES string of the molecule is CNc1cc2nn3c(cnc13)C(=O)NCCCCc1cccc(n1)N2. The summed E-state index contributed by atoms with van der Waals surface area (Å²) in [7, 11) is 1.81. The van der Waals surface area contributed by atoms with Crippen molar-refractivity contribution in [2.75, 3.05) is 24.2 Å². The highest BCUT2D eigenvalue weighted by Crippen LogP contribution is 2.22. The molecule has 4 rings (SSSR count). The first-order valence-corrected chi connectivity index (χ1v) is 8.32. The number of carbonyl (C=O) groups is 1. The first kappa shape index (κ1) is 15.4. The van der Waals surface area contributed by atoms with E-state index >= 15 is 0 Å². The Labute approximate surface area is 144 Å². The molecule has 1 amide bonds. The summed E-state index contributed by atoms with van der Waals surface area (Å²) in [5, 5.41) is 13.8. The van der Waals surface area contributed by atoms with Crippen LogP contribution in [0.1, 0.15) is 29.0 Å². The molecule has 0 radical (unpaired) electrons. The molecule has 0 aromatic carbocycles. The fraction of sp³-hybridized carbons (Fsp3) is 0.294. The zero-order valence-corrected chi connectivity index (χ0v) is 13.9. The lowest BCUT2D eigenvalue weighted by atomic mass is 10.2. The molecule has 4 heterocycles. The maximum atomic E-state index is 12.5. The Hall–Kier alpha value is -3.16. The molecule has 1 aliphatic heterocycles. The van der Waals surface area contributed by atoms with Crippen molar-refractivity contribution in [1.82, 2.24) is 24.9 Å². The van der Waals surface area contributed by atoms with Gasteiger partial charge in [0.15, 0.2) is 17.2 Å². The van der Waals surface area contributed by atoms with E-state index in [1.807, 2.05) is 31.3 Å². The quantitative estimate of drug-likeness (QED) is 0.628. The number of pyridine rings is 1. The molecule has 0 unspecified atom stereocenters. The largest absolute Gasteiger partial charge is 0.385 e. The summed E-state index contributed by atoms with van der Waals surface area (Å²) in [4.78, 5) is 21.4. The van der Waals surface area contributed by atoms with Crippen LogP contribution in [0.2, 0.25) is 0 Å². The summed E-state index contributed by atoms with van der Waals surface area (Å²) in [6, 6.07) is 7.75. The van der Waals surface area contributed by atoms with Gasteiger partial charge in [-0.25, -0.2) is 14.5 Å². The van der Waals surface area contributed by atoms with Crippen molar-refractivity contribution < 1.29 is 4.79 Å². The van der Waals surface area contributed by atoms with Gasteiger partial charge in [0.1, 0.15) is 5.82 Å². The number of imidazole rings is 1. The number of carbonyl (C=O) groups excluding carboxylic acids is 1. The molecule has 0 saturated carbocycles. The minimum Gasteiger partial charge on any atom is -0.385 e. The molecule has 3 N–H and O–H groups in total. The van der Waals surface area contributed by atoms with E-state index in [-0.39, 0.29) is 5.91 Å². The number of nitrogens with one attached hydrogen (secondary N) is 3. The van der Waals surface area contributed by atoms with Crippen LogP contribution in [-0.2, 0) is 6.42 Å². The van der Waals surface area contributed by atoms with E-state index in [2.05, 4.69) is 31.0 Å². The van der Waals surface area contributed by atoms with Crippen molar-refractivity contribution in [1.29, 1.82) is 0 Å². The van der Waals surface area contributed by atoms with Crippen LogP contribution in [0.15, 0.2) is 30.5 Å². The van der Waals surface area contributed by atoms with Gasteiger partial charge in [0.05, 0.1) is 11.9 Å². The zero-order valence-electron chi connectivity index (χ0n) is 13.9. The molecule has 25 heavy (non-hydrogen) atoms. The monoisotopic (exact) mass is 337 g/mol. The second-order valence-corrected chi connectivity index (χ2v) is 5.92. The fourth-order valence-corrected chi connectivity index (χ4v) is 2.91. The number of aryl methyl sites for hydroxylation is 1. The second kappa shape index (κ2) is 6.39. The Morgan fingerprint density at radius 2 is 2.16 bits per heavy atom. The van der Waals surface area contributed by atoms with Gasteiger partial charge in [-0.3, -0.25) is 4.79 Å². The van der Waals surface area contributed by atoms with Gasteiger partial charge in [0.2, 0.25) is 0 Å². The highest BCUT2D eigenvalue weighted by atomic mass is 16.2. The van der Waals surface area contributed by atoms with Crippen molar-refractivity contribution in [3.05, 3.63) is 41.9 Å². The number of amides is 1. The van der Waals surface area contributed by atoms with Gasteiger partial charge in [-0.05, 0) is 31.4 Å². The Bertz CT molecular complexity index is 934. The Morgan fingerprint density at radius 3 is 3.04 bits per heavy atom. The van der Waals surface area contributed by atoms with Gasteiger partial charge in [0, 0.05) is 25.4 Å². The smallest absolute Gasteiger partial charge is 0.271 e. The van der Waals surface area contributed by atoms with Crippen LogP contribution in [0.4, 0.5) is 17.3 Å². The number of aromatic nitrogens is 4. The summed E-state index contributed by atoms with van der Waals surface area (Å²) in [6.45, 7) is 0.614. The number of hydrogen-bond donors (Lipinski definition) is 3. The predicted molar refractivity (Wildman–Crippen MR) is 95.3 cm³/mol. The van der Waals surface area contributed by atoms with E-state index in [1.165, 1.54) is 0 Å². The normalized spacial score (nSPS) is 14.7. The van der Waals surface area contributed by atoms with Gasteiger partial charge in [-0.1, -0.05) is 6.07 Å². The minimum absolute atomic E-state index is 0.173. The molecule has 4 bridgehead atoms. The van der Waals surface area contributed by atoms with E-state index in [1.54, 1.807) is 10.7 Å². The van der Waals surface area contributed by atoms with Crippen LogP contribution >= 0.6 is 0 Å². The van der Waals surface area contributed by atoms with E-state index in [0.29, 0.717) is 23.7 Å². The van der Waals surface area contributed by atoms with Crippen LogP contribution in [0.5, 0.6) is 0 Å². The molecule has 0 aliphatic carbocycles. The predicted octanol–water partition coefficient (Wildman–Crippen LogP) is 1.98. The number of hydrogen-bond acceptors (Lipinski definition) is 6. The summed E-state index contributed by atoms with van der Waals surface area (Å²) in [5.74, 6) is 1.15. The summed E-state index contributed by atoms with van der Waals surface area (Å²) in [6.07, 6.45) is 4.28. The first-order chi connectivity index (χ1) is 12.2. The average Bonchev–Trinajstić information content (AvgIpc) is 3.04. The Morgan fingerprint density at radius 1 is 1.24 bits per heavy atom. The van der Waals surface area contributed by atoms with Crippen molar-refractivity contribution in [3.8, 4) is 0 Å². The van der Waals surface area contributed by atoms with Crippen molar-refractivity contribution >= 4 is 28.9 Å². The number of fused-ring (bicyclic) bond motifs is 3. The molecule has 1 aliphatic rings. The van der Waals surface area contributed by atoms with E-state index < -0.39 is 0 Å². The highest BCUT2D eigenvalue weighted by molar-refractivity contribution is 5.93. The maximum absolute atomic E-state index is 12.5. The molecule has 0 saturated heterocycles. The molecule has 8 heteroatoms. The van der Waals surface area contributed by atoms with E-state index in [0.717, 1.165) is 36.5 Å². The van der Waals surface area contributed by atoms with Gasteiger partial charge in [0.25, 0.3) is 5.91 Å². The van der Waals surface area contributed by atoms with Crippen molar-refractivity contribution in [2.45, 2.75) is 19.3 Å². The van der Waals surface area contributed by atoms with E-state index in [4.69, 9.17) is 0 Å². The molecular weight excluding hydrogens is 318 g/mol. The maximum Gasteiger partial charge on any atom is 0.271 e. The average molecular weight is 337 g/mol. The second-order valence-electron chi connectivity index (χ2n) is 5.92. The molecule has 8 nitrogen and oxygen atoms in total. The Balaban J connectivity index is 1.85. The molecular formula is C17H19N7O. The minimum atomic E-state index is -0.173. The zero-order chi connectivity index (χ0) is 17.2. The molecule has 3 aromatic rings.